The maximum Gasteiger partial charge on any atom is -0.00175 e. The second-order valence-electron chi connectivity index (χ2n) is 3.66. The highest BCUT2D eigenvalue weighted by Gasteiger charge is 2.23. The van der Waals surface area contributed by atoms with Gasteiger partial charge in [-0.1, -0.05) is 12.8 Å². The molecule has 10 heavy (non-hydrogen) atoms. The van der Waals surface area contributed by atoms with Crippen LogP contribution in [-0.4, -0.2) is 13.1 Å². The van der Waals surface area contributed by atoms with Crippen LogP contribution in [0.15, 0.2) is 0 Å². The molecule has 1 heterocycles. The van der Waals surface area contributed by atoms with E-state index < -0.39 is 0 Å². The Balaban J connectivity index is 1.96. The van der Waals surface area contributed by atoms with Gasteiger partial charge in [-0.15, -0.1) is 0 Å². The van der Waals surface area contributed by atoms with Crippen molar-refractivity contribution in [2.24, 2.45) is 11.8 Å². The van der Waals surface area contributed by atoms with Crippen LogP contribution in [0.25, 0.3) is 0 Å². The summed E-state index contributed by atoms with van der Waals surface area (Å²) >= 11 is 0. The lowest BCUT2D eigenvalue weighted by Gasteiger charge is -2.26. The Labute approximate surface area is 63.2 Å². The molecular formula is C9H16N. The van der Waals surface area contributed by atoms with Crippen LogP contribution < -0.4 is 5.32 Å². The van der Waals surface area contributed by atoms with E-state index in [-0.39, 0.29) is 0 Å². The van der Waals surface area contributed by atoms with Gasteiger partial charge in [0.25, 0.3) is 0 Å². The molecule has 0 aromatic rings. The van der Waals surface area contributed by atoms with E-state index >= 15 is 0 Å². The number of rotatable bonds is 0. The fourth-order valence-corrected chi connectivity index (χ4v) is 2.18. The highest BCUT2D eigenvalue weighted by atomic mass is 14.9. The molecule has 2 aliphatic rings. The molecule has 1 saturated carbocycles. The summed E-state index contributed by atoms with van der Waals surface area (Å²) in [6.45, 7) is 2.49. The summed E-state index contributed by atoms with van der Waals surface area (Å²) in [5.41, 5.74) is 0. The molecule has 1 aliphatic heterocycles. The van der Waals surface area contributed by atoms with Crippen LogP contribution in [0, 0.1) is 18.3 Å². The molecule has 1 nitrogen and oxygen atoms in total. The highest BCUT2D eigenvalue weighted by Crippen LogP contribution is 2.28. The zero-order chi connectivity index (χ0) is 6.81. The summed E-state index contributed by atoms with van der Waals surface area (Å²) in [4.78, 5) is 0. The molecule has 2 bridgehead atoms. The summed E-state index contributed by atoms with van der Waals surface area (Å²) in [6.07, 6.45) is 8.37. The van der Waals surface area contributed by atoms with Crippen molar-refractivity contribution in [1.82, 2.24) is 5.32 Å². The van der Waals surface area contributed by atoms with Crippen LogP contribution in [0.4, 0.5) is 0 Å². The average Bonchev–Trinajstić information content (AvgIpc) is 2.12. The summed E-state index contributed by atoms with van der Waals surface area (Å²) < 4.78 is 0. The maximum atomic E-state index is 3.50. The molecule has 1 N–H and O–H groups in total. The molecule has 57 valence electrons. The lowest BCUT2D eigenvalue weighted by molar-refractivity contribution is 0.383. The van der Waals surface area contributed by atoms with Crippen molar-refractivity contribution in [3.05, 3.63) is 6.42 Å². The standard InChI is InChI=1S/C9H16N/c1-2-4-9-5-8(3-1)6-10-7-9/h5,8-10H,1-4,6-7H2. The summed E-state index contributed by atoms with van der Waals surface area (Å²) in [6, 6.07) is 0. The van der Waals surface area contributed by atoms with Crippen molar-refractivity contribution in [3.8, 4) is 0 Å². The van der Waals surface area contributed by atoms with E-state index in [1.165, 1.54) is 38.8 Å². The monoisotopic (exact) mass is 138 g/mol. The van der Waals surface area contributed by atoms with E-state index in [4.69, 9.17) is 0 Å². The van der Waals surface area contributed by atoms with E-state index in [0.29, 0.717) is 0 Å². The largest absolute Gasteiger partial charge is 0.316 e. The van der Waals surface area contributed by atoms with Crippen LogP contribution in [0.2, 0.25) is 0 Å². The Morgan fingerprint density at radius 2 is 1.60 bits per heavy atom. The number of hydrogen-bond acceptors (Lipinski definition) is 1. The zero-order valence-corrected chi connectivity index (χ0v) is 6.47. The molecule has 1 saturated heterocycles. The second kappa shape index (κ2) is 2.91. The Kier molecular flexibility index (Phi) is 1.94. The van der Waals surface area contributed by atoms with Gasteiger partial charge in [-0.25, -0.2) is 0 Å². The van der Waals surface area contributed by atoms with E-state index in [1.54, 1.807) is 0 Å². The third kappa shape index (κ3) is 1.34. The van der Waals surface area contributed by atoms with Crippen LogP contribution in [0.3, 0.4) is 0 Å². The predicted octanol–water partition coefficient (Wildman–Crippen LogP) is 1.60. The fraction of sp³-hybridized carbons (Fsp3) is 0.889. The van der Waals surface area contributed by atoms with Crippen LogP contribution in [0.5, 0.6) is 0 Å². The minimum atomic E-state index is 0.904. The third-order valence-corrected chi connectivity index (χ3v) is 2.76. The molecule has 1 radical (unpaired) electrons. The Morgan fingerprint density at radius 1 is 1.00 bits per heavy atom. The molecule has 2 unspecified atom stereocenters. The molecule has 1 aliphatic carbocycles. The smallest absolute Gasteiger partial charge is 0.00175 e. The van der Waals surface area contributed by atoms with Crippen molar-refractivity contribution < 1.29 is 0 Å². The highest BCUT2D eigenvalue weighted by molar-refractivity contribution is 4.92. The maximum absolute atomic E-state index is 3.50. The number of piperidine rings is 1. The fourth-order valence-electron chi connectivity index (χ4n) is 2.18. The molecule has 2 fully saturated rings. The molecular weight excluding hydrogens is 122 g/mol. The summed E-state index contributed by atoms with van der Waals surface area (Å²) in [7, 11) is 0. The quantitative estimate of drug-likeness (QED) is 0.536. The topological polar surface area (TPSA) is 12.0 Å². The molecule has 0 amide bonds. The van der Waals surface area contributed by atoms with E-state index in [9.17, 15) is 0 Å². The number of nitrogens with one attached hydrogen (secondary N) is 1. The minimum absolute atomic E-state index is 0.904. The first kappa shape index (κ1) is 6.66. The normalized spacial score (nSPS) is 40.8. The van der Waals surface area contributed by atoms with Crippen molar-refractivity contribution in [3.63, 3.8) is 0 Å². The van der Waals surface area contributed by atoms with Gasteiger partial charge in [-0.3, -0.25) is 0 Å². The van der Waals surface area contributed by atoms with E-state index in [0.717, 1.165) is 11.8 Å². The molecule has 0 aromatic carbocycles. The van der Waals surface area contributed by atoms with Gasteiger partial charge in [0.15, 0.2) is 0 Å². The number of fused-ring (bicyclic) bond motifs is 2. The van der Waals surface area contributed by atoms with Crippen molar-refractivity contribution in [1.29, 1.82) is 0 Å². The molecule has 2 atom stereocenters. The van der Waals surface area contributed by atoms with E-state index in [1.807, 2.05) is 0 Å². The average molecular weight is 138 g/mol. The van der Waals surface area contributed by atoms with Crippen molar-refractivity contribution in [2.45, 2.75) is 25.7 Å². The first-order valence-electron chi connectivity index (χ1n) is 4.51. The van der Waals surface area contributed by atoms with Crippen molar-refractivity contribution in [2.75, 3.05) is 13.1 Å². The van der Waals surface area contributed by atoms with Crippen LogP contribution in [0.1, 0.15) is 25.7 Å². The summed E-state index contributed by atoms with van der Waals surface area (Å²) in [5.74, 6) is 1.81. The van der Waals surface area contributed by atoms with Crippen LogP contribution >= 0.6 is 0 Å². The van der Waals surface area contributed by atoms with Gasteiger partial charge in [0.1, 0.15) is 0 Å². The van der Waals surface area contributed by atoms with Gasteiger partial charge in [-0.2, -0.15) is 0 Å². The SMILES string of the molecule is [CH]1C2CCCCC1CNC2. The molecule has 2 rings (SSSR count). The molecule has 0 spiro atoms. The Morgan fingerprint density at radius 3 is 2.20 bits per heavy atom. The first-order valence-corrected chi connectivity index (χ1v) is 4.51. The Bertz CT molecular complexity index is 99.3. The van der Waals surface area contributed by atoms with Gasteiger partial charge < -0.3 is 5.32 Å². The predicted molar refractivity (Wildman–Crippen MR) is 42.6 cm³/mol. The van der Waals surface area contributed by atoms with Gasteiger partial charge in [0, 0.05) is 0 Å². The number of hydrogen-bond donors (Lipinski definition) is 1. The van der Waals surface area contributed by atoms with Crippen LogP contribution in [-0.2, 0) is 0 Å². The Hall–Kier alpha value is -0.0400. The van der Waals surface area contributed by atoms with Gasteiger partial charge in [-0.05, 0) is 44.2 Å². The molecule has 0 aromatic heterocycles. The lowest BCUT2D eigenvalue weighted by atomic mass is 9.90. The van der Waals surface area contributed by atoms with E-state index in [2.05, 4.69) is 11.7 Å². The van der Waals surface area contributed by atoms with Gasteiger partial charge in [0.2, 0.25) is 0 Å². The summed E-state index contributed by atoms with van der Waals surface area (Å²) in [5, 5.41) is 3.50. The first-order chi connectivity index (χ1) is 4.95. The molecule has 1 heteroatoms. The minimum Gasteiger partial charge on any atom is -0.316 e. The zero-order valence-electron chi connectivity index (χ0n) is 6.47. The van der Waals surface area contributed by atoms with Gasteiger partial charge >= 0.3 is 0 Å². The lowest BCUT2D eigenvalue weighted by Crippen LogP contribution is -2.35. The van der Waals surface area contributed by atoms with Crippen molar-refractivity contribution >= 4 is 0 Å². The van der Waals surface area contributed by atoms with Gasteiger partial charge in [0.05, 0.1) is 0 Å². The second-order valence-corrected chi connectivity index (χ2v) is 3.66. The third-order valence-electron chi connectivity index (χ3n) is 2.76.